The molecule has 0 spiro atoms. The van der Waals surface area contributed by atoms with Gasteiger partial charge < -0.3 is 9.64 Å². The number of nitrogens with zero attached hydrogens (tertiary/aromatic N) is 4. The Hall–Kier alpha value is -1.82. The van der Waals surface area contributed by atoms with E-state index >= 15 is 0 Å². The third-order valence-corrected chi connectivity index (χ3v) is 6.15. The maximum atomic E-state index is 12.8. The van der Waals surface area contributed by atoms with Crippen LogP contribution in [-0.4, -0.2) is 62.1 Å². The van der Waals surface area contributed by atoms with Gasteiger partial charge in [0.25, 0.3) is 16.6 Å². The minimum atomic E-state index is -4.21. The van der Waals surface area contributed by atoms with E-state index in [1.54, 1.807) is 18.3 Å². The average Bonchev–Trinajstić information content (AvgIpc) is 2.64. The second kappa shape index (κ2) is 8.27. The molecule has 0 bridgehead atoms. The van der Waals surface area contributed by atoms with Crippen molar-refractivity contribution in [3.8, 4) is 5.75 Å². The molecule has 1 fully saturated rings. The summed E-state index contributed by atoms with van der Waals surface area (Å²) in [4.78, 5) is 2.00. The maximum Gasteiger partial charge on any atom is 0.277 e. The van der Waals surface area contributed by atoms with Crippen molar-refractivity contribution in [2.45, 2.75) is 25.3 Å². The molecule has 1 saturated heterocycles. The van der Waals surface area contributed by atoms with Gasteiger partial charge in [0.1, 0.15) is 5.75 Å². The molecule has 0 atom stereocenters. The van der Waals surface area contributed by atoms with Crippen molar-refractivity contribution >= 4 is 38.4 Å². The van der Waals surface area contributed by atoms with Crippen LogP contribution < -0.4 is 14.8 Å². The highest BCUT2D eigenvalue weighted by atomic mass is 35.5. The highest BCUT2D eigenvalue weighted by Crippen LogP contribution is 2.34. The number of fused-ring (bicyclic) bond motifs is 1. The lowest BCUT2D eigenvalue weighted by molar-refractivity contribution is 0.101. The third-order valence-electron chi connectivity index (χ3n) is 4.75. The Morgan fingerprint density at radius 3 is 2.64 bits per heavy atom. The Bertz CT molecular complexity index is 955. The van der Waals surface area contributed by atoms with E-state index in [0.717, 1.165) is 11.1 Å². The molecular weight excluding hydrogens is 416 g/mol. The van der Waals surface area contributed by atoms with E-state index in [1.165, 1.54) is 7.11 Å². The van der Waals surface area contributed by atoms with Gasteiger partial charge in [-0.3, -0.25) is 0 Å². The Labute approximate surface area is 166 Å². The van der Waals surface area contributed by atoms with Crippen LogP contribution in [0.15, 0.2) is 18.3 Å². The van der Waals surface area contributed by atoms with Crippen LogP contribution in [0.3, 0.4) is 0 Å². The van der Waals surface area contributed by atoms with E-state index in [4.69, 9.17) is 21.5 Å². The van der Waals surface area contributed by atoms with Gasteiger partial charge in [-0.05, 0) is 18.9 Å². The molecule has 0 saturated carbocycles. The van der Waals surface area contributed by atoms with Crippen LogP contribution in [0.5, 0.6) is 5.75 Å². The van der Waals surface area contributed by atoms with Crippen molar-refractivity contribution in [2.24, 2.45) is 5.14 Å². The van der Waals surface area contributed by atoms with Crippen LogP contribution in [0.25, 0.3) is 10.9 Å². The fraction of sp³-hybridized carbons (Fsp3) is 0.500. The molecule has 0 aliphatic carbocycles. The first-order valence-corrected chi connectivity index (χ1v) is 10.4. The molecule has 0 unspecified atom stereocenters. The molecule has 2 heterocycles. The molecule has 1 aromatic carbocycles. The van der Waals surface area contributed by atoms with Crippen molar-refractivity contribution < 1.29 is 21.9 Å². The number of nitrogens with two attached hydrogens (primary N) is 1. The lowest BCUT2D eigenvalue weighted by Crippen LogP contribution is -2.51. The van der Waals surface area contributed by atoms with Crippen LogP contribution in [-0.2, 0) is 10.2 Å². The quantitative estimate of drug-likeness (QED) is 0.745. The van der Waals surface area contributed by atoms with Crippen LogP contribution >= 0.6 is 11.6 Å². The van der Waals surface area contributed by atoms with E-state index in [0.29, 0.717) is 46.5 Å². The summed E-state index contributed by atoms with van der Waals surface area (Å²) in [6, 6.07) is 2.84. The van der Waals surface area contributed by atoms with Crippen molar-refractivity contribution in [1.29, 1.82) is 0 Å². The van der Waals surface area contributed by atoms with E-state index in [2.05, 4.69) is 10.2 Å². The zero-order valence-corrected chi connectivity index (χ0v) is 16.6. The number of hydrogen-bond donors (Lipinski definition) is 1. The molecule has 2 N–H and O–H groups in total. The molecule has 0 amide bonds. The van der Waals surface area contributed by atoms with E-state index in [9.17, 15) is 17.2 Å². The number of halogens is 3. The normalized spacial score (nSPS) is 16.3. The molecule has 28 heavy (non-hydrogen) atoms. The molecule has 3 rings (SSSR count). The molecule has 2 aromatic rings. The Kier molecular flexibility index (Phi) is 6.18. The minimum absolute atomic E-state index is 0.358. The summed E-state index contributed by atoms with van der Waals surface area (Å²) < 4.78 is 54.8. The van der Waals surface area contributed by atoms with Crippen LogP contribution in [0.2, 0.25) is 5.02 Å². The van der Waals surface area contributed by atoms with E-state index < -0.39 is 29.2 Å². The first kappa shape index (κ1) is 20.9. The summed E-state index contributed by atoms with van der Waals surface area (Å²) in [5, 5.41) is 14.4. The first-order chi connectivity index (χ1) is 13.2. The number of alkyl halides is 2. The number of hydrogen-bond acceptors (Lipinski definition) is 6. The smallest absolute Gasteiger partial charge is 0.277 e. The van der Waals surface area contributed by atoms with Crippen molar-refractivity contribution in [1.82, 2.24) is 14.5 Å². The number of ether oxygens (including phenoxy) is 1. The molecular formula is C16H20ClF2N5O3S. The van der Waals surface area contributed by atoms with Gasteiger partial charge >= 0.3 is 0 Å². The maximum absolute atomic E-state index is 12.8. The summed E-state index contributed by atoms with van der Waals surface area (Å²) in [6.07, 6.45) is -0.475. The number of methoxy groups -OCH3 is 1. The first-order valence-electron chi connectivity index (χ1n) is 8.52. The van der Waals surface area contributed by atoms with Crippen molar-refractivity contribution in [2.75, 3.05) is 31.6 Å². The lowest BCUT2D eigenvalue weighted by Gasteiger charge is -2.38. The number of rotatable bonds is 6. The lowest BCUT2D eigenvalue weighted by atomic mass is 10.0. The van der Waals surface area contributed by atoms with Crippen molar-refractivity contribution in [3.63, 3.8) is 0 Å². The Balaban J connectivity index is 1.82. The van der Waals surface area contributed by atoms with Gasteiger partial charge in [-0.2, -0.15) is 22.9 Å². The predicted octanol–water partition coefficient (Wildman–Crippen LogP) is 2.03. The highest BCUT2D eigenvalue weighted by Gasteiger charge is 2.33. The fourth-order valence-corrected chi connectivity index (χ4v) is 4.63. The SMILES string of the molecule is COc1cc2nncc(N3CCC(N(CC(F)F)S(N)(=O)=O)CC3)c2cc1Cl. The van der Waals surface area contributed by atoms with Crippen LogP contribution in [0, 0.1) is 0 Å². The summed E-state index contributed by atoms with van der Waals surface area (Å²) in [6.45, 7) is -0.00657. The molecule has 154 valence electrons. The van der Waals surface area contributed by atoms with E-state index in [1.807, 2.05) is 4.90 Å². The van der Waals surface area contributed by atoms with E-state index in [-0.39, 0.29) is 0 Å². The number of anilines is 1. The van der Waals surface area contributed by atoms with Gasteiger partial charge in [-0.15, -0.1) is 0 Å². The third kappa shape index (κ3) is 4.43. The average molecular weight is 436 g/mol. The van der Waals surface area contributed by atoms with Gasteiger partial charge in [0.2, 0.25) is 0 Å². The molecule has 1 aliphatic heterocycles. The monoisotopic (exact) mass is 435 g/mol. The van der Waals surface area contributed by atoms with Gasteiger partial charge in [0, 0.05) is 30.6 Å². The Morgan fingerprint density at radius 1 is 1.39 bits per heavy atom. The summed E-state index contributed by atoms with van der Waals surface area (Å²) >= 11 is 6.23. The zero-order valence-electron chi connectivity index (χ0n) is 15.1. The molecule has 12 heteroatoms. The van der Waals surface area contributed by atoms with Gasteiger partial charge in [-0.1, -0.05) is 11.6 Å². The highest BCUT2D eigenvalue weighted by molar-refractivity contribution is 7.86. The standard InChI is InChI=1S/C16H20ClF2N5O3S/c1-27-15-7-13-11(6-12(15)17)14(8-21-22-13)23-4-2-10(3-5-23)24(9-16(18)19)28(20,25)26/h6-8,10,16H,2-5,9H2,1H3,(H2,20,25,26). The van der Waals surface area contributed by atoms with Gasteiger partial charge in [-0.25, -0.2) is 13.9 Å². The fourth-order valence-electron chi connectivity index (χ4n) is 3.45. The largest absolute Gasteiger partial charge is 0.495 e. The van der Waals surface area contributed by atoms with Crippen LogP contribution in [0.4, 0.5) is 14.5 Å². The van der Waals surface area contributed by atoms with Gasteiger partial charge in [0.15, 0.2) is 0 Å². The van der Waals surface area contributed by atoms with Gasteiger partial charge in [0.05, 0.1) is 36.1 Å². The minimum Gasteiger partial charge on any atom is -0.495 e. The predicted molar refractivity (Wildman–Crippen MR) is 102 cm³/mol. The summed E-state index contributed by atoms with van der Waals surface area (Å²) in [7, 11) is -2.70. The molecule has 8 nitrogen and oxygen atoms in total. The number of benzene rings is 1. The zero-order chi connectivity index (χ0) is 20.5. The molecule has 0 radical (unpaired) electrons. The second-order valence-corrected chi connectivity index (χ2v) is 8.36. The van der Waals surface area contributed by atoms with Crippen LogP contribution in [0.1, 0.15) is 12.8 Å². The molecule has 1 aliphatic rings. The second-order valence-electron chi connectivity index (χ2n) is 6.46. The summed E-state index contributed by atoms with van der Waals surface area (Å²) in [5.41, 5.74) is 1.38. The summed E-state index contributed by atoms with van der Waals surface area (Å²) in [5.74, 6) is 0.482. The number of piperidine rings is 1. The molecule has 1 aromatic heterocycles. The number of aromatic nitrogens is 2. The topological polar surface area (TPSA) is 102 Å². The Morgan fingerprint density at radius 2 is 2.07 bits per heavy atom. The van der Waals surface area contributed by atoms with Crippen molar-refractivity contribution in [3.05, 3.63) is 23.4 Å².